The van der Waals surface area contributed by atoms with Gasteiger partial charge in [0.2, 0.25) is 0 Å². The molecule has 0 aromatic rings. The molecular formula is C26H46. The van der Waals surface area contributed by atoms with Gasteiger partial charge in [-0.3, -0.25) is 0 Å². The first-order chi connectivity index (χ1) is 12.0. The Kier molecular flexibility index (Phi) is 4.46. The molecular weight excluding hydrogens is 312 g/mol. The van der Waals surface area contributed by atoms with E-state index in [2.05, 4.69) is 55.4 Å². The lowest BCUT2D eigenvalue weighted by Gasteiger charge is -2.83. The van der Waals surface area contributed by atoms with Gasteiger partial charge < -0.3 is 0 Å². The molecule has 4 aliphatic carbocycles. The van der Waals surface area contributed by atoms with Crippen LogP contribution in [0.15, 0.2) is 0 Å². The van der Waals surface area contributed by atoms with Gasteiger partial charge in [0.25, 0.3) is 0 Å². The summed E-state index contributed by atoms with van der Waals surface area (Å²) < 4.78 is 0. The lowest BCUT2D eigenvalue weighted by atomic mass is 9.21. The highest BCUT2D eigenvalue weighted by atomic mass is 14.8. The monoisotopic (exact) mass is 358 g/mol. The van der Waals surface area contributed by atoms with Gasteiger partial charge >= 0.3 is 0 Å². The molecule has 0 radical (unpaired) electrons. The molecule has 8 unspecified atom stereocenters. The standard InChI is InChI=1S/C26H46/c1-16(2)13-21-19-11-10-18(24(4,5)6)15-22(19)26(21)20-12-9-17(3)14-23(20)25(26,7)8/h16-23H,9-15H2,1-8H3. The molecule has 4 rings (SSSR count). The summed E-state index contributed by atoms with van der Waals surface area (Å²) in [6, 6.07) is 0. The van der Waals surface area contributed by atoms with Crippen molar-refractivity contribution >= 4 is 0 Å². The second-order valence-electron chi connectivity index (χ2n) is 13.2. The minimum atomic E-state index is 0.504. The van der Waals surface area contributed by atoms with Gasteiger partial charge in [-0.25, -0.2) is 0 Å². The van der Waals surface area contributed by atoms with Gasteiger partial charge in [0.1, 0.15) is 0 Å². The SMILES string of the molecule is CC(C)CC1C2CCC(C(C)(C)C)CC2C12C1CCC(C)CC1C2(C)C. The summed E-state index contributed by atoms with van der Waals surface area (Å²) in [6.45, 7) is 20.4. The van der Waals surface area contributed by atoms with Crippen molar-refractivity contribution in [2.75, 3.05) is 0 Å². The number of hydrogen-bond donors (Lipinski definition) is 0. The molecule has 0 nitrogen and oxygen atoms in total. The van der Waals surface area contributed by atoms with Gasteiger partial charge in [0.05, 0.1) is 0 Å². The topological polar surface area (TPSA) is 0 Å². The largest absolute Gasteiger partial charge is 0.0628 e. The van der Waals surface area contributed by atoms with Gasteiger partial charge in [0, 0.05) is 0 Å². The minimum Gasteiger partial charge on any atom is -0.0628 e. The van der Waals surface area contributed by atoms with Crippen LogP contribution < -0.4 is 0 Å². The van der Waals surface area contributed by atoms with Crippen LogP contribution in [0.1, 0.15) is 100 Å². The third kappa shape index (κ3) is 2.38. The second-order valence-corrected chi connectivity index (χ2v) is 13.2. The molecule has 0 bridgehead atoms. The predicted molar refractivity (Wildman–Crippen MR) is 113 cm³/mol. The minimum absolute atomic E-state index is 0.504. The lowest BCUT2D eigenvalue weighted by molar-refractivity contribution is -0.360. The third-order valence-corrected chi connectivity index (χ3v) is 10.4. The molecule has 150 valence electrons. The second kappa shape index (κ2) is 6.00. The van der Waals surface area contributed by atoms with Gasteiger partial charge in [-0.05, 0) is 102 Å². The van der Waals surface area contributed by atoms with Crippen LogP contribution in [0.3, 0.4) is 0 Å². The normalized spacial score (nSPS) is 50.0. The van der Waals surface area contributed by atoms with Crippen LogP contribution in [-0.2, 0) is 0 Å². The fourth-order valence-corrected chi connectivity index (χ4v) is 9.36. The Bertz CT molecular complexity index is 535. The highest BCUT2D eigenvalue weighted by Gasteiger charge is 2.79. The average molecular weight is 359 g/mol. The number of hydrogen-bond acceptors (Lipinski definition) is 0. The molecule has 0 aliphatic heterocycles. The molecule has 4 fully saturated rings. The van der Waals surface area contributed by atoms with Crippen molar-refractivity contribution in [3.05, 3.63) is 0 Å². The zero-order valence-corrected chi connectivity index (χ0v) is 19.1. The Balaban J connectivity index is 1.67. The van der Waals surface area contributed by atoms with E-state index in [0.717, 1.165) is 47.3 Å². The molecule has 0 amide bonds. The molecule has 0 heterocycles. The molecule has 4 aliphatic rings. The molecule has 4 saturated carbocycles. The molecule has 0 N–H and O–H groups in total. The van der Waals surface area contributed by atoms with E-state index in [4.69, 9.17) is 0 Å². The van der Waals surface area contributed by atoms with Crippen molar-refractivity contribution in [3.63, 3.8) is 0 Å². The smallest absolute Gasteiger partial charge is 0.0150 e. The summed E-state index contributed by atoms with van der Waals surface area (Å²) >= 11 is 0. The van der Waals surface area contributed by atoms with E-state index in [1.54, 1.807) is 12.8 Å². The fourth-order valence-electron chi connectivity index (χ4n) is 9.36. The van der Waals surface area contributed by atoms with Crippen molar-refractivity contribution in [2.45, 2.75) is 100 Å². The van der Waals surface area contributed by atoms with Gasteiger partial charge in [0.15, 0.2) is 0 Å². The Hall–Kier alpha value is 0. The van der Waals surface area contributed by atoms with Crippen LogP contribution in [0.2, 0.25) is 0 Å². The lowest BCUT2D eigenvalue weighted by Crippen LogP contribution is -2.78. The summed E-state index contributed by atoms with van der Waals surface area (Å²) in [6.07, 6.45) is 10.7. The van der Waals surface area contributed by atoms with Crippen LogP contribution in [0, 0.1) is 63.6 Å². The Labute approximate surface area is 164 Å². The van der Waals surface area contributed by atoms with E-state index in [9.17, 15) is 0 Å². The summed E-state index contributed by atoms with van der Waals surface area (Å²) in [4.78, 5) is 0. The van der Waals surface area contributed by atoms with Crippen molar-refractivity contribution in [2.24, 2.45) is 63.6 Å². The van der Waals surface area contributed by atoms with Crippen molar-refractivity contribution in [3.8, 4) is 0 Å². The summed E-state index contributed by atoms with van der Waals surface area (Å²) in [5.41, 5.74) is 1.80. The molecule has 1 spiro atoms. The maximum Gasteiger partial charge on any atom is -0.0150 e. The summed E-state index contributed by atoms with van der Waals surface area (Å²) in [5.74, 6) is 8.05. The van der Waals surface area contributed by atoms with Crippen LogP contribution in [0.4, 0.5) is 0 Å². The van der Waals surface area contributed by atoms with Crippen molar-refractivity contribution in [1.82, 2.24) is 0 Å². The van der Waals surface area contributed by atoms with E-state index >= 15 is 0 Å². The zero-order valence-electron chi connectivity index (χ0n) is 19.1. The highest BCUT2D eigenvalue weighted by Crippen LogP contribution is 2.84. The van der Waals surface area contributed by atoms with Gasteiger partial charge in [-0.2, -0.15) is 0 Å². The maximum atomic E-state index is 2.70. The summed E-state index contributed by atoms with van der Waals surface area (Å²) in [7, 11) is 0. The number of fused-ring (bicyclic) bond motifs is 4. The molecule has 0 aromatic carbocycles. The first-order valence-corrected chi connectivity index (χ1v) is 12.0. The van der Waals surface area contributed by atoms with E-state index in [1.165, 1.54) is 32.1 Å². The first-order valence-electron chi connectivity index (χ1n) is 12.0. The van der Waals surface area contributed by atoms with Crippen LogP contribution >= 0.6 is 0 Å². The Morgan fingerprint density at radius 3 is 2.19 bits per heavy atom. The molecule has 26 heavy (non-hydrogen) atoms. The quantitative estimate of drug-likeness (QED) is 0.472. The Morgan fingerprint density at radius 2 is 1.58 bits per heavy atom. The van der Waals surface area contributed by atoms with Gasteiger partial charge in [-0.1, -0.05) is 61.8 Å². The highest BCUT2D eigenvalue weighted by molar-refractivity contribution is 5.26. The van der Waals surface area contributed by atoms with Crippen molar-refractivity contribution < 1.29 is 0 Å². The van der Waals surface area contributed by atoms with Gasteiger partial charge in [-0.15, -0.1) is 0 Å². The third-order valence-electron chi connectivity index (χ3n) is 10.4. The van der Waals surface area contributed by atoms with E-state index in [0.29, 0.717) is 16.2 Å². The predicted octanol–water partition coefficient (Wildman–Crippen LogP) is 7.82. The van der Waals surface area contributed by atoms with Crippen LogP contribution in [-0.4, -0.2) is 0 Å². The molecule has 0 aromatic heterocycles. The van der Waals surface area contributed by atoms with E-state index in [-0.39, 0.29) is 0 Å². The fraction of sp³-hybridized carbons (Fsp3) is 1.00. The van der Waals surface area contributed by atoms with E-state index in [1.807, 2.05) is 0 Å². The zero-order chi connectivity index (χ0) is 19.1. The Morgan fingerprint density at radius 1 is 0.885 bits per heavy atom. The number of rotatable bonds is 2. The average Bonchev–Trinajstić information content (AvgIpc) is 2.52. The maximum absolute atomic E-state index is 2.70. The van der Waals surface area contributed by atoms with Crippen LogP contribution in [0.5, 0.6) is 0 Å². The van der Waals surface area contributed by atoms with E-state index < -0.39 is 0 Å². The van der Waals surface area contributed by atoms with Crippen molar-refractivity contribution in [1.29, 1.82) is 0 Å². The van der Waals surface area contributed by atoms with Crippen LogP contribution in [0.25, 0.3) is 0 Å². The summed E-state index contributed by atoms with van der Waals surface area (Å²) in [5, 5.41) is 0. The molecule has 0 heteroatoms. The molecule has 8 atom stereocenters. The first kappa shape index (κ1) is 19.3. The molecule has 0 saturated heterocycles.